The first-order chi connectivity index (χ1) is 17.2. The van der Waals surface area contributed by atoms with Gasteiger partial charge in [0.05, 0.1) is 18.1 Å². The van der Waals surface area contributed by atoms with E-state index in [9.17, 15) is 19.5 Å². The number of aryl methyl sites for hydroxylation is 2. The van der Waals surface area contributed by atoms with E-state index in [1.54, 1.807) is 16.7 Å². The number of hydrogen-bond donors (Lipinski definition) is 1. The largest absolute Gasteiger partial charge is 0.465 e. The van der Waals surface area contributed by atoms with Crippen LogP contribution in [0.4, 0.5) is 5.69 Å². The van der Waals surface area contributed by atoms with Gasteiger partial charge in [0, 0.05) is 25.4 Å². The van der Waals surface area contributed by atoms with Gasteiger partial charge in [0.15, 0.2) is 0 Å². The molecule has 1 aromatic rings. The van der Waals surface area contributed by atoms with Crippen LogP contribution in [0.1, 0.15) is 37.3 Å². The van der Waals surface area contributed by atoms with Crippen molar-refractivity contribution in [2.24, 2.45) is 11.8 Å². The van der Waals surface area contributed by atoms with Crippen molar-refractivity contribution in [1.29, 1.82) is 0 Å². The number of ether oxygens (including phenoxy) is 2. The lowest BCUT2D eigenvalue weighted by Crippen LogP contribution is -2.56. The summed E-state index contributed by atoms with van der Waals surface area (Å²) < 4.78 is 12.3. The van der Waals surface area contributed by atoms with E-state index in [0.717, 1.165) is 16.8 Å². The monoisotopic (exact) mass is 494 g/mol. The maximum atomic E-state index is 14.4. The number of anilines is 1. The molecule has 1 aromatic carbocycles. The molecule has 5 rings (SSSR count). The van der Waals surface area contributed by atoms with Crippen molar-refractivity contribution in [3.8, 4) is 0 Å². The molecule has 4 aliphatic heterocycles. The molecule has 0 radical (unpaired) electrons. The third-order valence-corrected chi connectivity index (χ3v) is 8.04. The number of likely N-dealkylation sites (tertiary alicyclic amines) is 1. The minimum absolute atomic E-state index is 0.00202. The fraction of sp³-hybridized carbons (Fsp3) is 0.536. The van der Waals surface area contributed by atoms with Crippen LogP contribution in [0.5, 0.6) is 0 Å². The first-order valence-corrected chi connectivity index (χ1v) is 12.8. The SMILES string of the molecule is Cc1cccc(C)c1N1CC=C[C@]23O[C@@]4(C)C=CCCOC(=O)[C@H]4[C@H]2C(=O)N(CCCCO)C3C1=O. The Morgan fingerprint density at radius 2 is 1.78 bits per heavy atom. The predicted octanol–water partition coefficient (Wildman–Crippen LogP) is 2.45. The standard InChI is InChI=1S/C28H34N2O6/c1-18-10-8-11-19(2)22(18)29-15-9-13-28-20(21-26(34)35-17-7-4-12-27(21,3)36-28)24(32)30(14-5-6-16-31)23(28)25(29)33/h4,8-13,20-21,23,31H,5-7,14-17H2,1-3H3/t20-,21+,23?,27-,28-/m0/s1. The number of carbonyl (C=O) groups excluding carboxylic acids is 3. The van der Waals surface area contributed by atoms with Crippen LogP contribution in [0.15, 0.2) is 42.5 Å². The zero-order chi connectivity index (χ0) is 25.7. The van der Waals surface area contributed by atoms with E-state index in [0.29, 0.717) is 32.4 Å². The van der Waals surface area contributed by atoms with Crippen LogP contribution in [0.3, 0.4) is 0 Å². The molecule has 0 aromatic heterocycles. The quantitative estimate of drug-likeness (QED) is 0.384. The minimum Gasteiger partial charge on any atom is -0.465 e. The van der Waals surface area contributed by atoms with Gasteiger partial charge in [-0.3, -0.25) is 14.4 Å². The highest BCUT2D eigenvalue weighted by atomic mass is 16.6. The highest BCUT2D eigenvalue weighted by Gasteiger charge is 2.74. The fourth-order valence-electron chi connectivity index (χ4n) is 6.55. The number of nitrogens with zero attached hydrogens (tertiary/aromatic N) is 2. The third kappa shape index (κ3) is 3.61. The van der Waals surface area contributed by atoms with Gasteiger partial charge in [-0.25, -0.2) is 0 Å². The van der Waals surface area contributed by atoms with Crippen molar-refractivity contribution in [2.75, 3.05) is 31.2 Å². The van der Waals surface area contributed by atoms with E-state index in [-0.39, 0.29) is 25.0 Å². The van der Waals surface area contributed by atoms with Crippen LogP contribution < -0.4 is 4.90 Å². The summed E-state index contributed by atoms with van der Waals surface area (Å²) >= 11 is 0. The Bertz CT molecular complexity index is 1120. The van der Waals surface area contributed by atoms with Gasteiger partial charge >= 0.3 is 5.97 Å². The second kappa shape index (κ2) is 9.16. The van der Waals surface area contributed by atoms with Gasteiger partial charge in [-0.1, -0.05) is 42.5 Å². The van der Waals surface area contributed by atoms with Crippen molar-refractivity contribution in [3.63, 3.8) is 0 Å². The normalized spacial score (nSPS) is 33.6. The van der Waals surface area contributed by atoms with Crippen molar-refractivity contribution in [1.82, 2.24) is 4.90 Å². The number of benzene rings is 1. The van der Waals surface area contributed by atoms with E-state index in [2.05, 4.69) is 0 Å². The highest BCUT2D eigenvalue weighted by molar-refractivity contribution is 6.06. The Morgan fingerprint density at radius 3 is 2.50 bits per heavy atom. The number of amides is 2. The van der Waals surface area contributed by atoms with E-state index in [1.807, 2.05) is 56.4 Å². The van der Waals surface area contributed by atoms with Gasteiger partial charge < -0.3 is 24.4 Å². The maximum absolute atomic E-state index is 14.4. The van der Waals surface area contributed by atoms with Crippen molar-refractivity contribution in [2.45, 2.75) is 57.3 Å². The molecule has 8 nitrogen and oxygen atoms in total. The fourth-order valence-corrected chi connectivity index (χ4v) is 6.55. The maximum Gasteiger partial charge on any atom is 0.313 e. The van der Waals surface area contributed by atoms with Crippen LogP contribution in [-0.2, 0) is 23.9 Å². The molecule has 36 heavy (non-hydrogen) atoms. The first kappa shape index (κ1) is 24.7. The average molecular weight is 495 g/mol. The first-order valence-electron chi connectivity index (χ1n) is 12.8. The highest BCUT2D eigenvalue weighted by Crippen LogP contribution is 2.57. The zero-order valence-corrected chi connectivity index (χ0v) is 21.1. The molecular formula is C28H34N2O6. The second-order valence-corrected chi connectivity index (χ2v) is 10.4. The molecule has 4 aliphatic rings. The van der Waals surface area contributed by atoms with E-state index in [4.69, 9.17) is 9.47 Å². The lowest BCUT2D eigenvalue weighted by molar-refractivity contribution is -0.159. The Labute approximate surface area is 211 Å². The summed E-state index contributed by atoms with van der Waals surface area (Å²) in [6, 6.07) is 4.96. The number of aliphatic hydroxyl groups is 1. The number of aliphatic hydroxyl groups excluding tert-OH is 1. The predicted molar refractivity (Wildman–Crippen MR) is 133 cm³/mol. The number of fused-ring (bicyclic) bond motifs is 2. The molecular weight excluding hydrogens is 460 g/mol. The number of rotatable bonds is 5. The molecule has 0 aliphatic carbocycles. The van der Waals surface area contributed by atoms with Crippen molar-refractivity contribution >= 4 is 23.5 Å². The molecule has 5 atom stereocenters. The summed E-state index contributed by atoms with van der Waals surface area (Å²) in [5.41, 5.74) is 0.378. The Hall–Kier alpha value is -2.97. The van der Waals surface area contributed by atoms with Crippen molar-refractivity contribution in [3.05, 3.63) is 53.6 Å². The van der Waals surface area contributed by atoms with E-state index in [1.165, 1.54) is 0 Å². The summed E-state index contributed by atoms with van der Waals surface area (Å²) in [7, 11) is 0. The molecule has 2 fully saturated rings. The van der Waals surface area contributed by atoms with Gasteiger partial charge in [0.1, 0.15) is 17.6 Å². The molecule has 2 saturated heterocycles. The van der Waals surface area contributed by atoms with Crippen LogP contribution in [0.2, 0.25) is 0 Å². The van der Waals surface area contributed by atoms with Crippen molar-refractivity contribution < 1.29 is 29.0 Å². The van der Waals surface area contributed by atoms with Crippen LogP contribution >= 0.6 is 0 Å². The minimum atomic E-state index is -1.30. The van der Waals surface area contributed by atoms with Gasteiger partial charge in [0.2, 0.25) is 5.91 Å². The molecule has 4 heterocycles. The van der Waals surface area contributed by atoms with Crippen LogP contribution in [0.25, 0.3) is 0 Å². The molecule has 1 spiro atoms. The summed E-state index contributed by atoms with van der Waals surface area (Å²) in [5, 5.41) is 9.34. The molecule has 1 unspecified atom stereocenters. The zero-order valence-electron chi connectivity index (χ0n) is 21.1. The number of para-hydroxylation sites is 1. The smallest absolute Gasteiger partial charge is 0.313 e. The summed E-state index contributed by atoms with van der Waals surface area (Å²) in [6.07, 6.45) is 9.11. The third-order valence-electron chi connectivity index (χ3n) is 8.04. The topological polar surface area (TPSA) is 96.4 Å². The Kier molecular flexibility index (Phi) is 6.29. The van der Waals surface area contributed by atoms with Gasteiger partial charge in [-0.05, 0) is 51.2 Å². The molecule has 0 bridgehead atoms. The van der Waals surface area contributed by atoms with Gasteiger partial charge in [0.25, 0.3) is 5.91 Å². The van der Waals surface area contributed by atoms with Crippen LogP contribution in [-0.4, -0.2) is 71.3 Å². The lowest BCUT2D eigenvalue weighted by atomic mass is 9.74. The van der Waals surface area contributed by atoms with Gasteiger partial charge in [-0.15, -0.1) is 0 Å². The molecule has 1 N–H and O–H groups in total. The summed E-state index contributed by atoms with van der Waals surface area (Å²) in [4.78, 5) is 45.1. The summed E-state index contributed by atoms with van der Waals surface area (Å²) in [6.45, 7) is 6.61. The van der Waals surface area contributed by atoms with Gasteiger partial charge in [-0.2, -0.15) is 0 Å². The number of esters is 1. The second-order valence-electron chi connectivity index (χ2n) is 10.4. The Morgan fingerprint density at radius 1 is 1.03 bits per heavy atom. The summed E-state index contributed by atoms with van der Waals surface area (Å²) in [5.74, 6) is -2.72. The average Bonchev–Trinajstić information content (AvgIpc) is 3.14. The number of carbonyl (C=O) groups is 3. The molecule has 0 saturated carbocycles. The van der Waals surface area contributed by atoms with E-state index < -0.39 is 35.0 Å². The van der Waals surface area contributed by atoms with E-state index >= 15 is 0 Å². The van der Waals surface area contributed by atoms with Crippen LogP contribution in [0, 0.1) is 25.7 Å². The lowest BCUT2D eigenvalue weighted by Gasteiger charge is -2.38. The molecule has 8 heteroatoms. The number of hydrogen-bond acceptors (Lipinski definition) is 6. The Balaban J connectivity index is 1.65. The molecule has 192 valence electrons. The molecule has 2 amide bonds. The number of unbranched alkanes of at least 4 members (excludes halogenated alkanes) is 1. The number of cyclic esters (lactones) is 1.